The monoisotopic (exact) mass is 478 g/mol. The fourth-order valence-corrected chi connectivity index (χ4v) is 3.15. The number of ether oxygens (including phenoxy) is 2. The SMILES string of the molecule is CCCCC#Cc1ccc(C(=O)Oc2ccc(OC(=O)c3ccc(C#CCCCC)cc3)cc2)cc1. The molecule has 0 radical (unpaired) electrons. The smallest absolute Gasteiger partial charge is 0.343 e. The van der Waals surface area contributed by atoms with Gasteiger partial charge in [0, 0.05) is 24.0 Å². The molecular weight excluding hydrogens is 448 g/mol. The normalized spacial score (nSPS) is 9.83. The number of hydrogen-bond acceptors (Lipinski definition) is 4. The summed E-state index contributed by atoms with van der Waals surface area (Å²) in [6, 6.07) is 20.4. The molecule has 0 amide bonds. The highest BCUT2D eigenvalue weighted by Crippen LogP contribution is 2.20. The minimum absolute atomic E-state index is 0.356. The Balaban J connectivity index is 1.52. The fraction of sp³-hybridized carbons (Fsp3) is 0.250. The van der Waals surface area contributed by atoms with Crippen molar-refractivity contribution in [3.8, 4) is 35.2 Å². The maximum atomic E-state index is 12.4. The van der Waals surface area contributed by atoms with Gasteiger partial charge in [-0.25, -0.2) is 9.59 Å². The first kappa shape index (κ1) is 26.3. The molecule has 0 bridgehead atoms. The van der Waals surface area contributed by atoms with E-state index in [9.17, 15) is 9.59 Å². The van der Waals surface area contributed by atoms with Crippen molar-refractivity contribution < 1.29 is 19.1 Å². The average molecular weight is 479 g/mol. The zero-order valence-corrected chi connectivity index (χ0v) is 20.8. The molecule has 0 heterocycles. The number of hydrogen-bond donors (Lipinski definition) is 0. The molecule has 182 valence electrons. The second-order valence-corrected chi connectivity index (χ2v) is 8.22. The molecule has 0 aliphatic carbocycles. The molecule has 0 saturated carbocycles. The van der Waals surface area contributed by atoms with E-state index in [1.807, 2.05) is 24.3 Å². The van der Waals surface area contributed by atoms with Crippen molar-refractivity contribution in [1.29, 1.82) is 0 Å². The van der Waals surface area contributed by atoms with Gasteiger partial charge in [-0.15, -0.1) is 0 Å². The minimum Gasteiger partial charge on any atom is -0.423 e. The van der Waals surface area contributed by atoms with Crippen LogP contribution in [0.2, 0.25) is 0 Å². The van der Waals surface area contributed by atoms with Gasteiger partial charge in [-0.1, -0.05) is 50.4 Å². The third kappa shape index (κ3) is 8.49. The second kappa shape index (κ2) is 14.2. The molecule has 0 spiro atoms. The molecule has 0 fully saturated rings. The third-order valence-electron chi connectivity index (χ3n) is 5.26. The van der Waals surface area contributed by atoms with Gasteiger partial charge in [-0.05, 0) is 85.6 Å². The van der Waals surface area contributed by atoms with Crippen molar-refractivity contribution in [1.82, 2.24) is 0 Å². The zero-order valence-electron chi connectivity index (χ0n) is 20.8. The van der Waals surface area contributed by atoms with Gasteiger partial charge in [0.25, 0.3) is 0 Å². The first-order chi connectivity index (χ1) is 17.6. The van der Waals surface area contributed by atoms with Crippen molar-refractivity contribution >= 4 is 11.9 Å². The molecule has 0 N–H and O–H groups in total. The fourth-order valence-electron chi connectivity index (χ4n) is 3.15. The van der Waals surface area contributed by atoms with Crippen LogP contribution in [0.3, 0.4) is 0 Å². The predicted molar refractivity (Wildman–Crippen MR) is 142 cm³/mol. The van der Waals surface area contributed by atoms with Gasteiger partial charge in [0.1, 0.15) is 11.5 Å². The summed E-state index contributed by atoms with van der Waals surface area (Å²) in [6.07, 6.45) is 6.13. The van der Waals surface area contributed by atoms with E-state index in [0.29, 0.717) is 22.6 Å². The van der Waals surface area contributed by atoms with Gasteiger partial charge in [0.05, 0.1) is 11.1 Å². The number of benzene rings is 3. The van der Waals surface area contributed by atoms with E-state index in [4.69, 9.17) is 9.47 Å². The van der Waals surface area contributed by atoms with Crippen LogP contribution in [0.1, 0.15) is 84.2 Å². The summed E-state index contributed by atoms with van der Waals surface area (Å²) in [5.74, 6) is 12.2. The molecule has 0 aromatic heterocycles. The van der Waals surface area contributed by atoms with Crippen LogP contribution >= 0.6 is 0 Å². The standard InChI is InChI=1S/C32H30O4/c1-3-5-7-9-11-25-13-17-27(18-14-25)31(33)35-29-21-23-30(24-22-29)36-32(34)28-19-15-26(16-20-28)12-10-8-6-4-2/h13-24H,3-8H2,1-2H3. The van der Waals surface area contributed by atoms with Crippen LogP contribution < -0.4 is 9.47 Å². The Morgan fingerprint density at radius 3 is 1.28 bits per heavy atom. The first-order valence-electron chi connectivity index (χ1n) is 12.3. The molecule has 0 unspecified atom stereocenters. The lowest BCUT2D eigenvalue weighted by Crippen LogP contribution is -2.09. The molecule has 0 saturated heterocycles. The molecule has 4 heteroatoms. The Morgan fingerprint density at radius 2 is 0.944 bits per heavy atom. The molecular formula is C32H30O4. The van der Waals surface area contributed by atoms with Crippen LogP contribution in [-0.2, 0) is 0 Å². The summed E-state index contributed by atoms with van der Waals surface area (Å²) in [6.45, 7) is 4.27. The van der Waals surface area contributed by atoms with Crippen LogP contribution in [0.15, 0.2) is 72.8 Å². The van der Waals surface area contributed by atoms with Crippen molar-refractivity contribution in [3.63, 3.8) is 0 Å². The zero-order chi connectivity index (χ0) is 25.6. The third-order valence-corrected chi connectivity index (χ3v) is 5.26. The molecule has 3 rings (SSSR count). The summed E-state index contributed by atoms with van der Waals surface area (Å²) in [5, 5.41) is 0. The summed E-state index contributed by atoms with van der Waals surface area (Å²) >= 11 is 0. The van der Waals surface area contributed by atoms with Crippen molar-refractivity contribution in [2.45, 2.75) is 52.4 Å². The van der Waals surface area contributed by atoms with E-state index < -0.39 is 11.9 Å². The molecule has 0 aliphatic heterocycles. The number of esters is 2. The number of carbonyl (C=O) groups is 2. The highest BCUT2D eigenvalue weighted by Gasteiger charge is 2.11. The Morgan fingerprint density at radius 1 is 0.583 bits per heavy atom. The Hall–Kier alpha value is -4.28. The number of rotatable bonds is 8. The maximum absolute atomic E-state index is 12.4. The van der Waals surface area contributed by atoms with Crippen molar-refractivity contribution in [2.75, 3.05) is 0 Å². The summed E-state index contributed by atoms with van der Waals surface area (Å²) in [4.78, 5) is 24.9. The molecule has 0 atom stereocenters. The van der Waals surface area contributed by atoms with Crippen LogP contribution in [0, 0.1) is 23.7 Å². The number of unbranched alkanes of at least 4 members (excludes halogenated alkanes) is 4. The highest BCUT2D eigenvalue weighted by atomic mass is 16.5. The van der Waals surface area contributed by atoms with E-state index in [0.717, 1.165) is 49.7 Å². The number of carbonyl (C=O) groups excluding carboxylic acids is 2. The van der Waals surface area contributed by atoms with Crippen LogP contribution in [0.25, 0.3) is 0 Å². The van der Waals surface area contributed by atoms with E-state index in [1.54, 1.807) is 48.5 Å². The van der Waals surface area contributed by atoms with E-state index in [2.05, 4.69) is 37.5 Å². The predicted octanol–water partition coefficient (Wildman–Crippen LogP) is 7.21. The second-order valence-electron chi connectivity index (χ2n) is 8.22. The topological polar surface area (TPSA) is 52.6 Å². The lowest BCUT2D eigenvalue weighted by molar-refractivity contribution is 0.0719. The Bertz CT molecular complexity index is 1160. The van der Waals surface area contributed by atoms with Gasteiger partial charge in [-0.2, -0.15) is 0 Å². The summed E-state index contributed by atoms with van der Waals surface area (Å²) < 4.78 is 10.9. The van der Waals surface area contributed by atoms with Gasteiger partial charge in [0.15, 0.2) is 0 Å². The first-order valence-corrected chi connectivity index (χ1v) is 12.3. The average Bonchev–Trinajstić information content (AvgIpc) is 2.91. The van der Waals surface area contributed by atoms with E-state index in [1.165, 1.54) is 0 Å². The van der Waals surface area contributed by atoms with Crippen LogP contribution in [-0.4, -0.2) is 11.9 Å². The lowest BCUT2D eigenvalue weighted by atomic mass is 10.1. The molecule has 36 heavy (non-hydrogen) atoms. The minimum atomic E-state index is -0.469. The Labute approximate surface area is 213 Å². The van der Waals surface area contributed by atoms with Gasteiger partial charge in [0.2, 0.25) is 0 Å². The highest BCUT2D eigenvalue weighted by molar-refractivity contribution is 5.92. The van der Waals surface area contributed by atoms with Gasteiger partial charge < -0.3 is 9.47 Å². The quantitative estimate of drug-likeness (QED) is 0.149. The molecule has 3 aromatic rings. The van der Waals surface area contributed by atoms with E-state index in [-0.39, 0.29) is 0 Å². The lowest BCUT2D eigenvalue weighted by Gasteiger charge is -2.07. The van der Waals surface area contributed by atoms with Crippen LogP contribution in [0.4, 0.5) is 0 Å². The van der Waals surface area contributed by atoms with E-state index >= 15 is 0 Å². The maximum Gasteiger partial charge on any atom is 0.343 e. The van der Waals surface area contributed by atoms with Gasteiger partial charge in [-0.3, -0.25) is 0 Å². The summed E-state index contributed by atoms with van der Waals surface area (Å²) in [5.41, 5.74) is 2.60. The van der Waals surface area contributed by atoms with Crippen molar-refractivity contribution in [3.05, 3.63) is 95.1 Å². The molecule has 3 aromatic carbocycles. The van der Waals surface area contributed by atoms with Crippen molar-refractivity contribution in [2.24, 2.45) is 0 Å². The molecule has 0 aliphatic rings. The molecule has 4 nitrogen and oxygen atoms in total. The van der Waals surface area contributed by atoms with Gasteiger partial charge >= 0.3 is 11.9 Å². The van der Waals surface area contributed by atoms with Crippen LogP contribution in [0.5, 0.6) is 11.5 Å². The summed E-state index contributed by atoms with van der Waals surface area (Å²) in [7, 11) is 0. The largest absolute Gasteiger partial charge is 0.423 e. The Kier molecular flexibility index (Phi) is 10.4.